The molecule has 0 saturated carbocycles. The maximum Gasteiger partial charge on any atom is 0.253 e. The van der Waals surface area contributed by atoms with Crippen molar-refractivity contribution in [2.24, 2.45) is 0 Å². The number of carbonyl (C=O) groups is 2. The van der Waals surface area contributed by atoms with Crippen LogP contribution >= 0.6 is 0 Å². The number of aryl methyl sites for hydroxylation is 1. The van der Waals surface area contributed by atoms with E-state index < -0.39 is 12.1 Å². The fraction of sp³-hybridized carbons (Fsp3) is 0.394. The van der Waals surface area contributed by atoms with Crippen LogP contribution in [0, 0.1) is 12.7 Å². The van der Waals surface area contributed by atoms with Gasteiger partial charge in [0.2, 0.25) is 0 Å². The van der Waals surface area contributed by atoms with Gasteiger partial charge in [0, 0.05) is 37.3 Å². The fourth-order valence-corrected chi connectivity index (χ4v) is 4.77. The average Bonchev–Trinajstić information content (AvgIpc) is 2.97. The van der Waals surface area contributed by atoms with Crippen LogP contribution in [0.2, 0.25) is 0 Å². The van der Waals surface area contributed by atoms with Crippen molar-refractivity contribution >= 4 is 11.8 Å². The Morgan fingerprint density at radius 1 is 0.951 bits per heavy atom. The molecule has 3 aromatic carbocycles. The normalized spacial score (nSPS) is 12.4. The molecule has 3 N–H and O–H groups in total. The lowest BCUT2D eigenvalue weighted by Gasteiger charge is -2.25. The molecule has 0 aliphatic carbocycles. The molecule has 3 rings (SSSR count). The Kier molecular flexibility index (Phi) is 12.3. The number of hydrogen-bond donors (Lipinski definition) is 3. The molecule has 0 fully saturated rings. The smallest absolute Gasteiger partial charge is 0.253 e. The Balaban J connectivity index is 1.77. The number of rotatable bonds is 15. The van der Waals surface area contributed by atoms with E-state index in [4.69, 9.17) is 4.74 Å². The topological polar surface area (TPSA) is 90.9 Å². The molecule has 220 valence electrons. The first-order valence-corrected chi connectivity index (χ1v) is 14.2. The maximum absolute atomic E-state index is 13.5. The van der Waals surface area contributed by atoms with Crippen LogP contribution in [0.15, 0.2) is 66.7 Å². The highest BCUT2D eigenvalue weighted by Crippen LogP contribution is 2.16. The summed E-state index contributed by atoms with van der Waals surface area (Å²) in [6, 6.07) is 18.1. The molecule has 0 aliphatic rings. The van der Waals surface area contributed by atoms with Crippen molar-refractivity contribution in [3.63, 3.8) is 0 Å². The molecule has 8 heteroatoms. The number of amides is 2. The summed E-state index contributed by atoms with van der Waals surface area (Å²) in [5.41, 5.74) is 3.38. The van der Waals surface area contributed by atoms with Crippen molar-refractivity contribution in [3.05, 3.63) is 100 Å². The molecular formula is C33H42FN3O4. The number of methoxy groups -OCH3 is 1. The van der Waals surface area contributed by atoms with Gasteiger partial charge in [0.25, 0.3) is 11.8 Å². The van der Waals surface area contributed by atoms with Crippen molar-refractivity contribution in [3.8, 4) is 5.75 Å². The van der Waals surface area contributed by atoms with Gasteiger partial charge in [-0.25, -0.2) is 4.39 Å². The standard InChI is InChI=1S/C33H42FN3O4/c1-5-14-37(15-6-2)33(40)27-17-23(3)16-26(20-27)32(39)36-30(19-24-10-12-28(34)13-11-24)31(38)22-35-21-25-8-7-9-29(18-25)41-4/h7-13,16-18,20,30-31,35,38H,5-6,14-15,19,21-22H2,1-4H3,(H,36,39)/t30-,31+/m0/s1. The first-order chi connectivity index (χ1) is 19.7. The van der Waals surface area contributed by atoms with E-state index in [1.165, 1.54) is 12.1 Å². The van der Waals surface area contributed by atoms with Gasteiger partial charge in [-0.2, -0.15) is 0 Å². The highest BCUT2D eigenvalue weighted by molar-refractivity contribution is 6.00. The highest BCUT2D eigenvalue weighted by Gasteiger charge is 2.24. The van der Waals surface area contributed by atoms with Gasteiger partial charge in [-0.15, -0.1) is 0 Å². The Hall–Kier alpha value is -3.75. The average molecular weight is 564 g/mol. The van der Waals surface area contributed by atoms with Gasteiger partial charge in [-0.05, 0) is 85.3 Å². The van der Waals surface area contributed by atoms with Gasteiger partial charge in [-0.3, -0.25) is 9.59 Å². The van der Waals surface area contributed by atoms with Gasteiger partial charge in [0.05, 0.1) is 19.3 Å². The van der Waals surface area contributed by atoms with Gasteiger partial charge < -0.3 is 25.4 Å². The third kappa shape index (κ3) is 9.69. The second kappa shape index (κ2) is 15.9. The largest absolute Gasteiger partial charge is 0.497 e. The monoisotopic (exact) mass is 563 g/mol. The third-order valence-corrected chi connectivity index (χ3v) is 6.83. The van der Waals surface area contributed by atoms with E-state index in [0.717, 1.165) is 35.3 Å². The van der Waals surface area contributed by atoms with Crippen LogP contribution in [-0.4, -0.2) is 60.7 Å². The SMILES string of the molecule is CCCN(CCC)C(=O)c1cc(C)cc(C(=O)N[C@@H](Cc2ccc(F)cc2)[C@H](O)CNCc2cccc(OC)c2)c1. The predicted octanol–water partition coefficient (Wildman–Crippen LogP) is 4.90. The van der Waals surface area contributed by atoms with Crippen molar-refractivity contribution in [2.75, 3.05) is 26.7 Å². The van der Waals surface area contributed by atoms with Crippen molar-refractivity contribution < 1.29 is 23.8 Å². The summed E-state index contributed by atoms with van der Waals surface area (Å²) >= 11 is 0. The van der Waals surface area contributed by atoms with Gasteiger partial charge >= 0.3 is 0 Å². The molecule has 2 atom stereocenters. The van der Waals surface area contributed by atoms with E-state index in [1.807, 2.05) is 49.9 Å². The molecule has 3 aromatic rings. The number of benzene rings is 3. The molecule has 0 aliphatic heterocycles. The summed E-state index contributed by atoms with van der Waals surface area (Å²) in [5.74, 6) is -0.0999. The number of nitrogens with one attached hydrogen (secondary N) is 2. The highest BCUT2D eigenvalue weighted by atomic mass is 19.1. The van der Waals surface area contributed by atoms with Crippen LogP contribution in [0.4, 0.5) is 4.39 Å². The Morgan fingerprint density at radius 2 is 1.63 bits per heavy atom. The van der Waals surface area contributed by atoms with Crippen molar-refractivity contribution in [1.82, 2.24) is 15.5 Å². The zero-order valence-corrected chi connectivity index (χ0v) is 24.5. The van der Waals surface area contributed by atoms with Gasteiger partial charge in [0.15, 0.2) is 0 Å². The van der Waals surface area contributed by atoms with E-state index in [9.17, 15) is 19.1 Å². The summed E-state index contributed by atoms with van der Waals surface area (Å²) in [7, 11) is 1.61. The first kappa shape index (κ1) is 31.8. The van der Waals surface area contributed by atoms with Gasteiger partial charge in [-0.1, -0.05) is 38.1 Å². The number of hydrogen-bond acceptors (Lipinski definition) is 5. The minimum absolute atomic E-state index is 0.101. The van der Waals surface area contributed by atoms with Crippen LogP contribution < -0.4 is 15.4 Å². The van der Waals surface area contributed by atoms with Crippen LogP contribution in [0.1, 0.15) is 64.1 Å². The molecule has 41 heavy (non-hydrogen) atoms. The molecular weight excluding hydrogens is 521 g/mol. The molecule has 0 unspecified atom stereocenters. The first-order valence-electron chi connectivity index (χ1n) is 14.2. The van der Waals surface area contributed by atoms with E-state index in [0.29, 0.717) is 37.2 Å². The van der Waals surface area contributed by atoms with E-state index in [2.05, 4.69) is 10.6 Å². The van der Waals surface area contributed by atoms with Crippen LogP contribution in [0.25, 0.3) is 0 Å². The summed E-state index contributed by atoms with van der Waals surface area (Å²) in [5, 5.41) is 17.4. The molecule has 0 aromatic heterocycles. The fourth-order valence-electron chi connectivity index (χ4n) is 4.77. The summed E-state index contributed by atoms with van der Waals surface area (Å²) in [6.07, 6.45) is 1.05. The number of carbonyl (C=O) groups excluding carboxylic acids is 2. The molecule has 0 spiro atoms. The molecule has 0 bridgehead atoms. The van der Waals surface area contributed by atoms with Crippen LogP contribution in [0.3, 0.4) is 0 Å². The second-order valence-electron chi connectivity index (χ2n) is 10.3. The van der Waals surface area contributed by atoms with Crippen molar-refractivity contribution in [2.45, 2.75) is 58.7 Å². The molecule has 0 heterocycles. The number of halogens is 1. The number of aliphatic hydroxyl groups is 1. The molecule has 0 radical (unpaired) electrons. The lowest BCUT2D eigenvalue weighted by molar-refractivity contribution is 0.0755. The molecule has 2 amide bonds. The van der Waals surface area contributed by atoms with Crippen LogP contribution in [0.5, 0.6) is 5.75 Å². The van der Waals surface area contributed by atoms with E-state index >= 15 is 0 Å². The summed E-state index contributed by atoms with van der Waals surface area (Å²) in [6.45, 7) is 7.93. The Bertz CT molecular complexity index is 1280. The minimum atomic E-state index is -0.940. The third-order valence-electron chi connectivity index (χ3n) is 6.83. The number of aliphatic hydroxyl groups excluding tert-OH is 1. The van der Waals surface area contributed by atoms with Crippen molar-refractivity contribution in [1.29, 1.82) is 0 Å². The Labute approximate surface area is 242 Å². The van der Waals surface area contributed by atoms with E-state index in [-0.39, 0.29) is 24.2 Å². The lowest BCUT2D eigenvalue weighted by atomic mass is 9.99. The number of nitrogens with zero attached hydrogens (tertiary/aromatic N) is 1. The summed E-state index contributed by atoms with van der Waals surface area (Å²) in [4.78, 5) is 28.5. The quantitative estimate of drug-likeness (QED) is 0.245. The molecule has 7 nitrogen and oxygen atoms in total. The maximum atomic E-state index is 13.5. The van der Waals surface area contributed by atoms with Crippen LogP contribution in [-0.2, 0) is 13.0 Å². The lowest BCUT2D eigenvalue weighted by Crippen LogP contribution is -2.48. The second-order valence-corrected chi connectivity index (χ2v) is 10.3. The zero-order chi connectivity index (χ0) is 29.8. The van der Waals surface area contributed by atoms with Gasteiger partial charge in [0.1, 0.15) is 11.6 Å². The molecule has 0 saturated heterocycles. The zero-order valence-electron chi connectivity index (χ0n) is 24.5. The number of ether oxygens (including phenoxy) is 1. The summed E-state index contributed by atoms with van der Waals surface area (Å²) < 4.78 is 18.8. The predicted molar refractivity (Wildman–Crippen MR) is 160 cm³/mol. The Morgan fingerprint density at radius 3 is 2.29 bits per heavy atom. The van der Waals surface area contributed by atoms with E-state index in [1.54, 1.807) is 37.4 Å². The minimum Gasteiger partial charge on any atom is -0.497 e.